The largest absolute Gasteiger partial charge is 0.381 e. The summed E-state index contributed by atoms with van der Waals surface area (Å²) in [5, 5.41) is 3.27. The molecule has 26 heavy (non-hydrogen) atoms. The van der Waals surface area contributed by atoms with E-state index in [1.165, 1.54) is 0 Å². The highest BCUT2D eigenvalue weighted by molar-refractivity contribution is 6.34. The maximum absolute atomic E-state index is 12.0. The zero-order valence-corrected chi connectivity index (χ0v) is 15.5. The number of aliphatic imine (C=N–C) groups is 3. The van der Waals surface area contributed by atoms with E-state index in [1.54, 1.807) is 6.21 Å². The zero-order chi connectivity index (χ0) is 18.5. The van der Waals surface area contributed by atoms with Crippen molar-refractivity contribution in [3.05, 3.63) is 35.4 Å². The summed E-state index contributed by atoms with van der Waals surface area (Å²) in [5.74, 6) is 0.937. The summed E-state index contributed by atoms with van der Waals surface area (Å²) in [4.78, 5) is 25.9. The topological polar surface area (TPSA) is 95.4 Å². The van der Waals surface area contributed by atoms with Crippen LogP contribution in [0.3, 0.4) is 0 Å². The van der Waals surface area contributed by atoms with Crippen LogP contribution in [0, 0.1) is 0 Å². The van der Waals surface area contributed by atoms with Crippen molar-refractivity contribution in [3.8, 4) is 0 Å². The highest BCUT2D eigenvalue weighted by Crippen LogP contribution is 2.21. The number of nitrogens with one attached hydrogen (secondary N) is 1. The standard InChI is InChI=1S/C17H18Cl2N6O/c18-5-7-25(8-6-19)13-3-1-12(2-4-13)21-9-11-10-22-15-14(11)16(26)24-17(20)23-15/h1-4,10,21H,5-9H2,(H2,20,24,26). The van der Waals surface area contributed by atoms with Crippen molar-refractivity contribution in [3.63, 3.8) is 0 Å². The normalized spacial score (nSPS) is 15.7. The highest BCUT2D eigenvalue weighted by atomic mass is 35.5. The van der Waals surface area contributed by atoms with E-state index in [9.17, 15) is 4.79 Å². The minimum Gasteiger partial charge on any atom is -0.381 e. The molecule has 0 aliphatic carbocycles. The first-order valence-corrected chi connectivity index (χ1v) is 9.15. The number of guanidine groups is 1. The van der Waals surface area contributed by atoms with E-state index in [-0.39, 0.29) is 5.96 Å². The van der Waals surface area contributed by atoms with Gasteiger partial charge in [-0.2, -0.15) is 9.98 Å². The van der Waals surface area contributed by atoms with Crippen LogP contribution in [0.2, 0.25) is 0 Å². The summed E-state index contributed by atoms with van der Waals surface area (Å²) >= 11 is 11.7. The number of rotatable bonds is 8. The Hall–Kier alpha value is -2.38. The Kier molecular flexibility index (Phi) is 5.90. The second kappa shape index (κ2) is 8.33. The fraction of sp³-hybridized carbons (Fsp3) is 0.294. The molecule has 1 amide bonds. The van der Waals surface area contributed by atoms with Gasteiger partial charge in [0, 0.05) is 54.6 Å². The van der Waals surface area contributed by atoms with Gasteiger partial charge < -0.3 is 16.0 Å². The lowest BCUT2D eigenvalue weighted by Crippen LogP contribution is -2.27. The monoisotopic (exact) mass is 392 g/mol. The summed E-state index contributed by atoms with van der Waals surface area (Å²) < 4.78 is 0. The third-order valence-corrected chi connectivity index (χ3v) is 4.30. The number of hydrogen-bond donors (Lipinski definition) is 2. The molecule has 7 nitrogen and oxygen atoms in total. The van der Waals surface area contributed by atoms with Crippen LogP contribution in [0.1, 0.15) is 0 Å². The van der Waals surface area contributed by atoms with Crippen molar-refractivity contribution < 1.29 is 4.79 Å². The quantitative estimate of drug-likeness (QED) is 0.661. The van der Waals surface area contributed by atoms with Crippen LogP contribution in [0.15, 0.2) is 50.4 Å². The summed E-state index contributed by atoms with van der Waals surface area (Å²) in [6.45, 7) is 1.91. The molecule has 9 heteroatoms. The van der Waals surface area contributed by atoms with E-state index in [2.05, 4.69) is 25.2 Å². The molecule has 0 saturated heterocycles. The number of fused-ring (bicyclic) bond motifs is 1. The molecule has 1 aromatic carbocycles. The molecule has 1 aromatic rings. The molecule has 0 atom stereocenters. The van der Waals surface area contributed by atoms with Crippen LogP contribution >= 0.6 is 23.2 Å². The Labute approximate surface area is 161 Å². The van der Waals surface area contributed by atoms with Gasteiger partial charge in [-0.1, -0.05) is 0 Å². The first-order chi connectivity index (χ1) is 12.6. The van der Waals surface area contributed by atoms with E-state index in [0.29, 0.717) is 29.7 Å². The lowest BCUT2D eigenvalue weighted by molar-refractivity contribution is -0.113. The maximum atomic E-state index is 12.0. The fourth-order valence-corrected chi connectivity index (χ4v) is 3.13. The van der Waals surface area contributed by atoms with Gasteiger partial charge in [-0.15, -0.1) is 23.2 Å². The van der Waals surface area contributed by atoms with Gasteiger partial charge in [0.25, 0.3) is 5.91 Å². The third-order valence-electron chi connectivity index (χ3n) is 3.96. The Morgan fingerprint density at radius 1 is 1.08 bits per heavy atom. The van der Waals surface area contributed by atoms with Gasteiger partial charge in [-0.05, 0) is 24.3 Å². The van der Waals surface area contributed by atoms with Crippen LogP contribution < -0.4 is 16.0 Å². The van der Waals surface area contributed by atoms with Crippen LogP contribution in [0.25, 0.3) is 0 Å². The maximum Gasteiger partial charge on any atom is 0.284 e. The van der Waals surface area contributed by atoms with Crippen LogP contribution in [0.4, 0.5) is 11.4 Å². The SMILES string of the molecule is NC1=NC(=O)C2=C(CNc3ccc(N(CCCl)CCCl)cc3)C=NC2=N1. The van der Waals surface area contributed by atoms with E-state index in [1.807, 2.05) is 24.3 Å². The van der Waals surface area contributed by atoms with Crippen molar-refractivity contribution in [2.45, 2.75) is 0 Å². The fourth-order valence-electron chi connectivity index (χ4n) is 2.72. The molecular formula is C17H18Cl2N6O. The number of anilines is 2. The number of amides is 1. The number of benzene rings is 1. The van der Waals surface area contributed by atoms with E-state index in [0.717, 1.165) is 30.0 Å². The van der Waals surface area contributed by atoms with E-state index >= 15 is 0 Å². The zero-order valence-electron chi connectivity index (χ0n) is 14.0. The number of halogens is 2. The summed E-state index contributed by atoms with van der Waals surface area (Å²) in [6, 6.07) is 7.95. The Balaban J connectivity index is 1.67. The average molecular weight is 393 g/mol. The number of alkyl halides is 2. The molecule has 0 bridgehead atoms. The summed E-state index contributed by atoms with van der Waals surface area (Å²) in [7, 11) is 0. The van der Waals surface area contributed by atoms with E-state index in [4.69, 9.17) is 28.9 Å². The number of hydrogen-bond acceptors (Lipinski definition) is 6. The number of carbonyl (C=O) groups excluding carboxylic acids is 1. The van der Waals surface area contributed by atoms with Gasteiger partial charge in [-0.3, -0.25) is 4.79 Å². The van der Waals surface area contributed by atoms with E-state index < -0.39 is 5.91 Å². The smallest absolute Gasteiger partial charge is 0.284 e. The molecule has 2 heterocycles. The highest BCUT2D eigenvalue weighted by Gasteiger charge is 2.27. The summed E-state index contributed by atoms with van der Waals surface area (Å²) in [6.07, 6.45) is 1.62. The van der Waals surface area contributed by atoms with Crippen LogP contribution in [-0.4, -0.2) is 55.3 Å². The van der Waals surface area contributed by atoms with Gasteiger partial charge >= 0.3 is 0 Å². The second-order valence-electron chi connectivity index (χ2n) is 5.63. The molecular weight excluding hydrogens is 375 g/mol. The van der Waals surface area contributed by atoms with Gasteiger partial charge in [0.15, 0.2) is 5.84 Å². The first kappa shape index (κ1) is 18.4. The lowest BCUT2D eigenvalue weighted by atomic mass is 10.1. The number of nitrogens with two attached hydrogens (primary N) is 1. The Bertz CT molecular complexity index is 807. The third kappa shape index (κ3) is 4.05. The number of nitrogens with zero attached hydrogens (tertiary/aromatic N) is 4. The first-order valence-electron chi connectivity index (χ1n) is 8.08. The average Bonchev–Trinajstić information content (AvgIpc) is 3.03. The molecule has 3 N–H and O–H groups in total. The van der Waals surface area contributed by atoms with Gasteiger partial charge in [0.2, 0.25) is 5.96 Å². The van der Waals surface area contributed by atoms with Crippen molar-refractivity contribution in [1.29, 1.82) is 0 Å². The predicted octanol–water partition coefficient (Wildman–Crippen LogP) is 2.02. The molecule has 2 aliphatic rings. The molecule has 0 aromatic heterocycles. The molecule has 0 fully saturated rings. The molecule has 0 spiro atoms. The Morgan fingerprint density at radius 2 is 1.77 bits per heavy atom. The molecule has 136 valence electrons. The predicted molar refractivity (Wildman–Crippen MR) is 108 cm³/mol. The minimum atomic E-state index is -0.407. The molecule has 0 radical (unpaired) electrons. The Morgan fingerprint density at radius 3 is 2.42 bits per heavy atom. The van der Waals surface area contributed by atoms with Gasteiger partial charge in [0.1, 0.15) is 0 Å². The van der Waals surface area contributed by atoms with Gasteiger partial charge in [0.05, 0.1) is 5.57 Å². The lowest BCUT2D eigenvalue weighted by Gasteiger charge is -2.23. The number of carbonyl (C=O) groups is 1. The minimum absolute atomic E-state index is 0.0610. The number of amidine groups is 1. The van der Waals surface area contributed by atoms with Gasteiger partial charge in [-0.25, -0.2) is 4.99 Å². The van der Waals surface area contributed by atoms with Crippen LogP contribution in [-0.2, 0) is 4.79 Å². The molecule has 3 rings (SSSR count). The van der Waals surface area contributed by atoms with Crippen molar-refractivity contribution in [2.75, 3.05) is 41.6 Å². The second-order valence-corrected chi connectivity index (χ2v) is 6.39. The van der Waals surface area contributed by atoms with Crippen molar-refractivity contribution in [2.24, 2.45) is 20.7 Å². The molecule has 2 aliphatic heterocycles. The molecule has 0 unspecified atom stereocenters. The molecule has 0 saturated carbocycles. The van der Waals surface area contributed by atoms with Crippen molar-refractivity contribution >= 4 is 58.5 Å². The van der Waals surface area contributed by atoms with Crippen LogP contribution in [0.5, 0.6) is 0 Å². The van der Waals surface area contributed by atoms with Crippen molar-refractivity contribution in [1.82, 2.24) is 0 Å². The summed E-state index contributed by atoms with van der Waals surface area (Å²) in [5.41, 5.74) is 8.60.